The third-order valence-electron chi connectivity index (χ3n) is 5.10. The second kappa shape index (κ2) is 9.03. The normalized spacial score (nSPS) is 19.2. The van der Waals surface area contributed by atoms with Gasteiger partial charge < -0.3 is 20.4 Å². The van der Waals surface area contributed by atoms with Gasteiger partial charge in [0.25, 0.3) is 0 Å². The zero-order chi connectivity index (χ0) is 18.4. The molecule has 0 atom stereocenters. The van der Waals surface area contributed by atoms with Crippen molar-refractivity contribution < 1.29 is 4.79 Å². The van der Waals surface area contributed by atoms with Crippen LogP contribution >= 0.6 is 0 Å². The Morgan fingerprint density at radius 1 is 1.15 bits per heavy atom. The van der Waals surface area contributed by atoms with Gasteiger partial charge in [-0.25, -0.2) is 4.99 Å². The summed E-state index contributed by atoms with van der Waals surface area (Å²) in [6, 6.07) is 11.5. The SMILES string of the molecule is CN(C)C(=O)CNC(=NCc1ccccc1)NC1CCN(C2CC2)CC1. The standard InChI is InChI=1S/C20H31N5O/c1-24(2)19(26)15-22-20(21-14-16-6-4-3-5-7-16)23-17-10-12-25(13-11-17)18-8-9-18/h3-7,17-18H,8-15H2,1-2H3,(H2,21,22,23). The number of amides is 1. The largest absolute Gasteiger partial charge is 0.354 e. The summed E-state index contributed by atoms with van der Waals surface area (Å²) in [5, 5.41) is 6.74. The predicted molar refractivity (Wildman–Crippen MR) is 105 cm³/mol. The minimum atomic E-state index is 0.0442. The lowest BCUT2D eigenvalue weighted by Gasteiger charge is -2.33. The summed E-state index contributed by atoms with van der Waals surface area (Å²) in [5.41, 5.74) is 1.16. The highest BCUT2D eigenvalue weighted by molar-refractivity contribution is 5.86. The molecule has 1 saturated heterocycles. The fourth-order valence-corrected chi connectivity index (χ4v) is 3.27. The molecular formula is C20H31N5O. The molecule has 2 fully saturated rings. The van der Waals surface area contributed by atoms with Crippen LogP contribution in [0.15, 0.2) is 35.3 Å². The predicted octanol–water partition coefficient (Wildman–Crippen LogP) is 1.44. The summed E-state index contributed by atoms with van der Waals surface area (Å²) < 4.78 is 0. The molecule has 1 aromatic carbocycles. The number of likely N-dealkylation sites (tertiary alicyclic amines) is 1. The van der Waals surface area contributed by atoms with Crippen LogP contribution in [-0.4, -0.2) is 67.5 Å². The molecule has 2 aliphatic rings. The molecule has 6 nitrogen and oxygen atoms in total. The van der Waals surface area contributed by atoms with Gasteiger partial charge in [-0.3, -0.25) is 4.79 Å². The number of nitrogens with zero attached hydrogens (tertiary/aromatic N) is 3. The van der Waals surface area contributed by atoms with Crippen molar-refractivity contribution in [3.8, 4) is 0 Å². The van der Waals surface area contributed by atoms with Gasteiger partial charge >= 0.3 is 0 Å². The number of carbonyl (C=O) groups excluding carboxylic acids is 1. The molecule has 26 heavy (non-hydrogen) atoms. The quantitative estimate of drug-likeness (QED) is 0.597. The van der Waals surface area contributed by atoms with Crippen molar-refractivity contribution in [2.75, 3.05) is 33.7 Å². The first-order valence-electron chi connectivity index (χ1n) is 9.65. The maximum Gasteiger partial charge on any atom is 0.241 e. The van der Waals surface area contributed by atoms with E-state index >= 15 is 0 Å². The van der Waals surface area contributed by atoms with Crippen LogP contribution in [0.25, 0.3) is 0 Å². The molecule has 142 valence electrons. The Bertz CT molecular complexity index is 604. The van der Waals surface area contributed by atoms with Crippen molar-refractivity contribution in [1.82, 2.24) is 20.4 Å². The molecule has 1 aliphatic heterocycles. The molecular weight excluding hydrogens is 326 g/mol. The number of rotatable bonds is 6. The fraction of sp³-hybridized carbons (Fsp3) is 0.600. The number of piperidine rings is 1. The van der Waals surface area contributed by atoms with Crippen molar-refractivity contribution >= 4 is 11.9 Å². The molecule has 0 bridgehead atoms. The Balaban J connectivity index is 1.55. The van der Waals surface area contributed by atoms with E-state index in [9.17, 15) is 4.79 Å². The van der Waals surface area contributed by atoms with E-state index < -0.39 is 0 Å². The summed E-state index contributed by atoms with van der Waals surface area (Å²) in [4.78, 5) is 20.8. The van der Waals surface area contributed by atoms with Gasteiger partial charge in [0.15, 0.2) is 5.96 Å². The average Bonchev–Trinajstić information content (AvgIpc) is 3.50. The first-order chi connectivity index (χ1) is 12.6. The van der Waals surface area contributed by atoms with E-state index in [1.54, 1.807) is 19.0 Å². The lowest BCUT2D eigenvalue weighted by atomic mass is 10.1. The van der Waals surface area contributed by atoms with Crippen LogP contribution in [0.4, 0.5) is 0 Å². The number of guanidine groups is 1. The summed E-state index contributed by atoms with van der Waals surface area (Å²) in [7, 11) is 3.54. The van der Waals surface area contributed by atoms with E-state index in [1.165, 1.54) is 12.8 Å². The number of nitrogens with one attached hydrogen (secondary N) is 2. The van der Waals surface area contributed by atoms with E-state index in [0.717, 1.165) is 43.5 Å². The second-order valence-corrected chi connectivity index (χ2v) is 7.48. The smallest absolute Gasteiger partial charge is 0.241 e. The number of carbonyl (C=O) groups is 1. The first kappa shape index (κ1) is 18.7. The Morgan fingerprint density at radius 2 is 1.85 bits per heavy atom. The molecule has 1 aliphatic carbocycles. The summed E-state index contributed by atoms with van der Waals surface area (Å²) in [6.07, 6.45) is 5.00. The lowest BCUT2D eigenvalue weighted by Crippen LogP contribution is -2.50. The van der Waals surface area contributed by atoms with Gasteiger partial charge in [-0.2, -0.15) is 0 Å². The number of likely N-dealkylation sites (N-methyl/N-ethyl adjacent to an activating group) is 1. The molecule has 1 heterocycles. The molecule has 0 aromatic heterocycles. The lowest BCUT2D eigenvalue weighted by molar-refractivity contribution is -0.127. The highest BCUT2D eigenvalue weighted by atomic mass is 16.2. The van der Waals surface area contributed by atoms with Crippen molar-refractivity contribution in [2.24, 2.45) is 4.99 Å². The molecule has 1 aromatic rings. The Morgan fingerprint density at radius 3 is 2.46 bits per heavy atom. The van der Waals surface area contributed by atoms with Gasteiger partial charge in [0.1, 0.15) is 0 Å². The highest BCUT2D eigenvalue weighted by Gasteiger charge is 2.31. The van der Waals surface area contributed by atoms with Gasteiger partial charge in [0.2, 0.25) is 5.91 Å². The van der Waals surface area contributed by atoms with Gasteiger partial charge in [-0.1, -0.05) is 30.3 Å². The Hall–Kier alpha value is -2.08. The Kier molecular flexibility index (Phi) is 6.50. The van der Waals surface area contributed by atoms with E-state index in [-0.39, 0.29) is 12.5 Å². The second-order valence-electron chi connectivity index (χ2n) is 7.48. The van der Waals surface area contributed by atoms with Crippen molar-refractivity contribution in [3.63, 3.8) is 0 Å². The minimum Gasteiger partial charge on any atom is -0.354 e. The van der Waals surface area contributed by atoms with E-state index in [1.807, 2.05) is 18.2 Å². The summed E-state index contributed by atoms with van der Waals surface area (Å²) >= 11 is 0. The van der Waals surface area contributed by atoms with Crippen LogP contribution in [0, 0.1) is 0 Å². The molecule has 0 radical (unpaired) electrons. The Labute approximate surface area is 156 Å². The summed E-state index contributed by atoms with van der Waals surface area (Å²) in [5.74, 6) is 0.775. The van der Waals surface area contributed by atoms with Crippen LogP contribution in [0.5, 0.6) is 0 Å². The van der Waals surface area contributed by atoms with E-state index in [0.29, 0.717) is 12.6 Å². The number of hydrogen-bond acceptors (Lipinski definition) is 3. The van der Waals surface area contributed by atoms with E-state index in [2.05, 4.69) is 27.7 Å². The van der Waals surface area contributed by atoms with Gasteiger partial charge in [-0.15, -0.1) is 0 Å². The molecule has 2 N–H and O–H groups in total. The minimum absolute atomic E-state index is 0.0442. The third kappa shape index (κ3) is 5.73. The van der Waals surface area contributed by atoms with Crippen LogP contribution in [-0.2, 0) is 11.3 Å². The van der Waals surface area contributed by atoms with Crippen LogP contribution in [0.2, 0.25) is 0 Å². The van der Waals surface area contributed by atoms with Crippen LogP contribution in [0.1, 0.15) is 31.2 Å². The van der Waals surface area contributed by atoms with E-state index in [4.69, 9.17) is 4.99 Å². The number of benzene rings is 1. The molecule has 1 amide bonds. The monoisotopic (exact) mass is 357 g/mol. The molecule has 6 heteroatoms. The number of aliphatic imine (C=N–C) groups is 1. The van der Waals surface area contributed by atoms with Crippen molar-refractivity contribution in [3.05, 3.63) is 35.9 Å². The highest BCUT2D eigenvalue weighted by Crippen LogP contribution is 2.29. The zero-order valence-corrected chi connectivity index (χ0v) is 15.9. The van der Waals surface area contributed by atoms with Crippen molar-refractivity contribution in [1.29, 1.82) is 0 Å². The number of hydrogen-bond donors (Lipinski definition) is 2. The average molecular weight is 358 g/mol. The first-order valence-corrected chi connectivity index (χ1v) is 9.65. The van der Waals surface area contributed by atoms with Crippen LogP contribution in [0.3, 0.4) is 0 Å². The molecule has 1 saturated carbocycles. The molecule has 3 rings (SSSR count). The van der Waals surface area contributed by atoms with Gasteiger partial charge in [0, 0.05) is 39.3 Å². The maximum atomic E-state index is 11.9. The van der Waals surface area contributed by atoms with Gasteiger partial charge in [0.05, 0.1) is 13.1 Å². The molecule has 0 spiro atoms. The van der Waals surface area contributed by atoms with Crippen LogP contribution < -0.4 is 10.6 Å². The zero-order valence-electron chi connectivity index (χ0n) is 15.9. The topological polar surface area (TPSA) is 60.0 Å². The van der Waals surface area contributed by atoms with Crippen molar-refractivity contribution in [2.45, 2.75) is 44.3 Å². The summed E-state index contributed by atoms with van der Waals surface area (Å²) in [6.45, 7) is 3.18. The third-order valence-corrected chi connectivity index (χ3v) is 5.10. The fourth-order valence-electron chi connectivity index (χ4n) is 3.27. The van der Waals surface area contributed by atoms with Gasteiger partial charge in [-0.05, 0) is 31.2 Å². The maximum absolute atomic E-state index is 11.9. The molecule has 0 unspecified atom stereocenters.